The maximum Gasteiger partial charge on any atom is 0.251 e. The van der Waals surface area contributed by atoms with E-state index in [4.69, 9.17) is 4.74 Å². The summed E-state index contributed by atoms with van der Waals surface area (Å²) in [6.07, 6.45) is 6.18. The normalized spacial score (nSPS) is 13.8. The van der Waals surface area contributed by atoms with E-state index in [9.17, 15) is 4.79 Å². The average molecular weight is 519 g/mol. The van der Waals surface area contributed by atoms with Crippen LogP contribution in [0.4, 0.5) is 0 Å². The summed E-state index contributed by atoms with van der Waals surface area (Å²) in [6, 6.07) is 26.2. The van der Waals surface area contributed by atoms with E-state index < -0.39 is 0 Å². The number of aromatic nitrogens is 1. The average Bonchev–Trinajstić information content (AvgIpc) is 3.29. The lowest BCUT2D eigenvalue weighted by molar-refractivity contribution is -0.115. The van der Waals surface area contributed by atoms with Crippen LogP contribution in [-0.2, 0) is 17.9 Å². The molecule has 2 aromatic carbocycles. The predicted molar refractivity (Wildman–Crippen MR) is 164 cm³/mol. The minimum atomic E-state index is -0.106. The Balaban J connectivity index is 0.00000205. The third kappa shape index (κ3) is 8.21. The zero-order valence-electron chi connectivity index (χ0n) is 23.2. The molecular formula is C35H38N2O2. The zero-order valence-corrected chi connectivity index (χ0v) is 23.2. The highest BCUT2D eigenvalue weighted by Crippen LogP contribution is 2.21. The van der Waals surface area contributed by atoms with Crippen LogP contribution < -0.4 is 20.5 Å². The first-order valence-electron chi connectivity index (χ1n) is 13.2. The fraction of sp³-hybridized carbons (Fsp3) is 0.171. The number of hydrogen-bond donors (Lipinski definition) is 1. The molecule has 0 aliphatic carbocycles. The summed E-state index contributed by atoms with van der Waals surface area (Å²) in [7, 11) is 0. The van der Waals surface area contributed by atoms with Crippen molar-refractivity contribution in [2.75, 3.05) is 0 Å². The van der Waals surface area contributed by atoms with Crippen molar-refractivity contribution in [1.29, 1.82) is 0 Å². The van der Waals surface area contributed by atoms with E-state index in [1.165, 1.54) is 0 Å². The van der Waals surface area contributed by atoms with E-state index >= 15 is 0 Å². The molecule has 4 rings (SSSR count). The minimum Gasteiger partial charge on any atom is -0.489 e. The molecule has 2 heterocycles. The van der Waals surface area contributed by atoms with Crippen LogP contribution in [0.15, 0.2) is 109 Å². The van der Waals surface area contributed by atoms with E-state index in [2.05, 4.69) is 48.7 Å². The number of allylic oxidation sites excluding steroid dienone is 2. The number of amides is 1. The molecule has 0 radical (unpaired) electrons. The Labute approximate surface area is 232 Å². The van der Waals surface area contributed by atoms with Gasteiger partial charge in [0.25, 0.3) is 5.91 Å². The van der Waals surface area contributed by atoms with Gasteiger partial charge in [-0.25, -0.2) is 0 Å². The molecule has 1 aliphatic heterocycles. The van der Waals surface area contributed by atoms with Gasteiger partial charge in [-0.1, -0.05) is 94.3 Å². The lowest BCUT2D eigenvalue weighted by Gasteiger charge is -2.14. The molecule has 200 valence electrons. The van der Waals surface area contributed by atoms with Crippen LogP contribution in [-0.4, -0.2) is 10.5 Å². The van der Waals surface area contributed by atoms with E-state index in [-0.39, 0.29) is 5.91 Å². The molecule has 4 nitrogen and oxygen atoms in total. The molecule has 3 aromatic rings. The van der Waals surface area contributed by atoms with Crippen molar-refractivity contribution in [1.82, 2.24) is 9.88 Å². The smallest absolute Gasteiger partial charge is 0.251 e. The monoisotopic (exact) mass is 518 g/mol. The van der Waals surface area contributed by atoms with Gasteiger partial charge < -0.3 is 14.6 Å². The Hall–Kier alpha value is -4.57. The minimum absolute atomic E-state index is 0.106. The van der Waals surface area contributed by atoms with Crippen molar-refractivity contribution in [3.05, 3.63) is 142 Å². The second-order valence-electron chi connectivity index (χ2n) is 9.03. The van der Waals surface area contributed by atoms with Gasteiger partial charge in [0.1, 0.15) is 12.4 Å². The summed E-state index contributed by atoms with van der Waals surface area (Å²) in [4.78, 5) is 12.5. The molecule has 0 saturated carbocycles. The highest BCUT2D eigenvalue weighted by molar-refractivity contribution is 6.01. The van der Waals surface area contributed by atoms with Gasteiger partial charge in [-0.05, 0) is 64.9 Å². The number of carbonyl (C=O) groups is 1. The summed E-state index contributed by atoms with van der Waals surface area (Å²) in [5.41, 5.74) is 5.53. The number of nitrogens with one attached hydrogen (secondary N) is 1. The molecule has 1 N–H and O–H groups in total. The molecule has 0 spiro atoms. The second kappa shape index (κ2) is 14.4. The van der Waals surface area contributed by atoms with Gasteiger partial charge in [0.15, 0.2) is 0 Å². The van der Waals surface area contributed by atoms with Gasteiger partial charge >= 0.3 is 0 Å². The van der Waals surface area contributed by atoms with Crippen molar-refractivity contribution < 1.29 is 9.53 Å². The lowest BCUT2D eigenvalue weighted by Crippen LogP contribution is -2.23. The standard InChI is InChI=1S/C33H32N2O2.C2H6/c1-5-10-29-20-28(17-15-24(29)2)22-35-26(4)16-18-32(37-23-27-11-7-6-8-12-27)14-9-13-31(35)21-30-19-25(3)34-33(30)36;1-2/h5-18,20-21H,1-3,19,22-23H2,4H3,(H,34,36);1-2H3/b14-9?,26-16?,29-10-,30-21-,31-13?,32-18?;. The number of ether oxygens (including phenoxy) is 1. The molecule has 0 unspecified atom stereocenters. The van der Waals surface area contributed by atoms with Crippen molar-refractivity contribution in [3.8, 4) is 5.75 Å². The van der Waals surface area contributed by atoms with Crippen LogP contribution in [0.25, 0.3) is 18.7 Å². The topological polar surface area (TPSA) is 43.3 Å². The van der Waals surface area contributed by atoms with Crippen molar-refractivity contribution in [2.24, 2.45) is 0 Å². The van der Waals surface area contributed by atoms with Crippen LogP contribution in [0.5, 0.6) is 5.75 Å². The second-order valence-corrected chi connectivity index (χ2v) is 9.03. The fourth-order valence-corrected chi connectivity index (χ4v) is 4.16. The molecule has 0 atom stereocenters. The van der Waals surface area contributed by atoms with E-state index in [1.807, 2.05) is 92.7 Å². The maximum atomic E-state index is 12.5. The lowest BCUT2D eigenvalue weighted by atomic mass is 10.1. The van der Waals surface area contributed by atoms with Crippen molar-refractivity contribution in [2.45, 2.75) is 40.3 Å². The Kier molecular flexibility index (Phi) is 10.7. The summed E-state index contributed by atoms with van der Waals surface area (Å²) in [6.45, 7) is 19.0. The number of benzene rings is 2. The zero-order chi connectivity index (χ0) is 28.2. The number of carbonyl (C=O) groups excluding carboxylic acids is 1. The third-order valence-electron chi connectivity index (χ3n) is 6.16. The van der Waals surface area contributed by atoms with Crippen LogP contribution in [0, 0.1) is 6.92 Å². The van der Waals surface area contributed by atoms with Crippen molar-refractivity contribution in [3.63, 3.8) is 0 Å². The SMILES string of the molecule is C=C/C=c1/cc(Cn2c(C)ccc(OCc3ccccc3)cccc2/C=C2/CC(=C)NC2=O)ccc1=C.CC. The Bertz CT molecular complexity index is 1530. The molecule has 1 saturated heterocycles. The third-order valence-corrected chi connectivity index (χ3v) is 6.16. The maximum absolute atomic E-state index is 12.5. The van der Waals surface area contributed by atoms with Gasteiger partial charge in [0.05, 0.1) is 0 Å². The summed E-state index contributed by atoms with van der Waals surface area (Å²) < 4.78 is 8.28. The van der Waals surface area contributed by atoms with Gasteiger partial charge in [-0.2, -0.15) is 0 Å². The quantitative estimate of drug-likeness (QED) is 0.370. The van der Waals surface area contributed by atoms with Gasteiger partial charge in [-0.3, -0.25) is 4.79 Å². The number of aryl methyl sites for hydroxylation is 1. The molecule has 39 heavy (non-hydrogen) atoms. The number of hydrogen-bond acceptors (Lipinski definition) is 2. The summed E-state index contributed by atoms with van der Waals surface area (Å²) >= 11 is 0. The van der Waals surface area contributed by atoms with Crippen LogP contribution in [0.1, 0.15) is 42.8 Å². The number of rotatable bonds is 7. The van der Waals surface area contributed by atoms with Gasteiger partial charge in [0, 0.05) is 35.6 Å². The molecule has 1 amide bonds. The molecule has 1 fully saturated rings. The van der Waals surface area contributed by atoms with Gasteiger partial charge in [-0.15, -0.1) is 0 Å². The highest BCUT2D eigenvalue weighted by Gasteiger charge is 2.19. The van der Waals surface area contributed by atoms with Gasteiger partial charge in [0.2, 0.25) is 0 Å². The Morgan fingerprint density at radius 1 is 0.949 bits per heavy atom. The first kappa shape index (κ1) is 29.0. The molecular weight excluding hydrogens is 480 g/mol. The highest BCUT2D eigenvalue weighted by atomic mass is 16.5. The van der Waals surface area contributed by atoms with E-state index in [0.29, 0.717) is 30.8 Å². The van der Waals surface area contributed by atoms with Crippen LogP contribution in [0.3, 0.4) is 0 Å². The first-order valence-corrected chi connectivity index (χ1v) is 13.2. The van der Waals surface area contributed by atoms with Crippen LogP contribution >= 0.6 is 0 Å². The molecule has 1 aromatic heterocycles. The summed E-state index contributed by atoms with van der Waals surface area (Å²) in [5, 5.41) is 4.79. The number of nitrogens with zero attached hydrogens (tertiary/aromatic N) is 1. The Morgan fingerprint density at radius 2 is 1.72 bits per heavy atom. The van der Waals surface area contributed by atoms with Crippen molar-refractivity contribution >= 4 is 24.6 Å². The molecule has 0 bridgehead atoms. The summed E-state index contributed by atoms with van der Waals surface area (Å²) in [5.74, 6) is 0.648. The fourth-order valence-electron chi connectivity index (χ4n) is 4.16. The predicted octanol–water partition coefficient (Wildman–Crippen LogP) is 6.37. The molecule has 4 heteroatoms. The van der Waals surface area contributed by atoms with Crippen LogP contribution in [0.2, 0.25) is 0 Å². The largest absolute Gasteiger partial charge is 0.489 e. The van der Waals surface area contributed by atoms with E-state index in [0.717, 1.165) is 38.7 Å². The first-order chi connectivity index (χ1) is 18.9. The Morgan fingerprint density at radius 3 is 2.41 bits per heavy atom. The van der Waals surface area contributed by atoms with E-state index in [1.54, 1.807) is 6.08 Å². The molecule has 1 aliphatic rings.